The summed E-state index contributed by atoms with van der Waals surface area (Å²) in [5, 5.41) is 3.01. The molecule has 3 nitrogen and oxygen atoms in total. The molecular weight excluding hydrogens is 310 g/mol. The Hall–Kier alpha value is -2.17. The zero-order valence-electron chi connectivity index (χ0n) is 14.5. The first-order valence-electron chi connectivity index (χ1n) is 8.42. The predicted octanol–water partition coefficient (Wildman–Crippen LogP) is 4.35. The van der Waals surface area contributed by atoms with Gasteiger partial charge in [-0.1, -0.05) is 33.3 Å². The van der Waals surface area contributed by atoms with Crippen molar-refractivity contribution in [3.05, 3.63) is 52.3 Å². The van der Waals surface area contributed by atoms with Crippen LogP contribution in [-0.2, 0) is 7.05 Å². The van der Waals surface area contributed by atoms with Crippen molar-refractivity contribution in [1.82, 2.24) is 9.88 Å². The second kappa shape index (κ2) is 7.60. The van der Waals surface area contributed by atoms with Gasteiger partial charge in [0, 0.05) is 25.0 Å². The van der Waals surface area contributed by atoms with Gasteiger partial charge in [0.05, 0.1) is 16.5 Å². The third-order valence-electron chi connectivity index (χ3n) is 4.28. The van der Waals surface area contributed by atoms with Crippen LogP contribution in [0.3, 0.4) is 0 Å². The van der Waals surface area contributed by atoms with Crippen LogP contribution in [0.5, 0.6) is 0 Å². The molecule has 0 amide bonds. The fraction of sp³-hybridized carbons (Fsp3) is 0.421. The summed E-state index contributed by atoms with van der Waals surface area (Å²) in [7, 11) is 1.59. The molecular formula is C19H24F2N2O. The standard InChI is InChI=1S/C17H18F2N2O.C2H6/c1-10(20-11-5-3-4-6-11)12-9-21(2)16-14(19)8-7-13(18)15(16)17(12)22;1-2/h7-9,11,20H,1,3-6H2,2H3;1-2H3. The highest BCUT2D eigenvalue weighted by Crippen LogP contribution is 2.22. The minimum Gasteiger partial charge on any atom is -0.382 e. The normalized spacial score (nSPS) is 14.4. The average Bonchev–Trinajstić information content (AvgIpc) is 3.07. The Kier molecular flexibility index (Phi) is 5.75. The molecule has 1 saturated carbocycles. The molecule has 5 heteroatoms. The van der Waals surface area contributed by atoms with Gasteiger partial charge in [0.1, 0.15) is 11.6 Å². The van der Waals surface area contributed by atoms with E-state index in [1.54, 1.807) is 7.05 Å². The molecule has 2 aromatic rings. The Labute approximate surface area is 141 Å². The molecule has 1 aliphatic rings. The number of hydrogen-bond donors (Lipinski definition) is 1. The van der Waals surface area contributed by atoms with E-state index in [4.69, 9.17) is 0 Å². The summed E-state index contributed by atoms with van der Waals surface area (Å²) in [6.07, 6.45) is 5.89. The lowest BCUT2D eigenvalue weighted by atomic mass is 10.1. The van der Waals surface area contributed by atoms with Crippen LogP contribution < -0.4 is 10.7 Å². The lowest BCUT2D eigenvalue weighted by Gasteiger charge is -2.17. The zero-order valence-corrected chi connectivity index (χ0v) is 14.5. The predicted molar refractivity (Wildman–Crippen MR) is 94.9 cm³/mol. The summed E-state index contributed by atoms with van der Waals surface area (Å²) in [5.74, 6) is -1.33. The first-order valence-corrected chi connectivity index (χ1v) is 8.42. The van der Waals surface area contributed by atoms with Crippen molar-refractivity contribution in [1.29, 1.82) is 0 Å². The van der Waals surface area contributed by atoms with E-state index in [2.05, 4.69) is 11.9 Å². The SMILES string of the molecule is C=C(NC1CCCC1)c1cn(C)c2c(F)ccc(F)c2c1=O.CC. The second-order valence-corrected chi connectivity index (χ2v) is 5.84. The quantitative estimate of drug-likeness (QED) is 0.906. The van der Waals surface area contributed by atoms with Gasteiger partial charge in [0.2, 0.25) is 5.43 Å². The molecule has 0 spiro atoms. The number of fused-ring (bicyclic) bond motifs is 1. The molecule has 0 unspecified atom stereocenters. The molecule has 1 heterocycles. The zero-order chi connectivity index (χ0) is 17.9. The molecule has 1 aliphatic carbocycles. The summed E-state index contributed by atoms with van der Waals surface area (Å²) in [6.45, 7) is 7.91. The smallest absolute Gasteiger partial charge is 0.201 e. The van der Waals surface area contributed by atoms with Gasteiger partial charge in [0.15, 0.2) is 0 Å². The maximum atomic E-state index is 14.0. The first-order chi connectivity index (χ1) is 11.5. The number of hydrogen-bond acceptors (Lipinski definition) is 2. The Morgan fingerprint density at radius 2 is 1.79 bits per heavy atom. The highest BCUT2D eigenvalue weighted by molar-refractivity contribution is 5.83. The Bertz CT molecular complexity index is 805. The highest BCUT2D eigenvalue weighted by Gasteiger charge is 2.19. The van der Waals surface area contributed by atoms with Crippen LogP contribution in [-0.4, -0.2) is 10.6 Å². The van der Waals surface area contributed by atoms with Crippen LogP contribution in [0.1, 0.15) is 45.1 Å². The van der Waals surface area contributed by atoms with Crippen molar-refractivity contribution in [3.8, 4) is 0 Å². The number of aryl methyl sites for hydroxylation is 1. The van der Waals surface area contributed by atoms with E-state index in [1.165, 1.54) is 10.8 Å². The fourth-order valence-electron chi connectivity index (χ4n) is 3.16. The molecule has 1 fully saturated rings. The summed E-state index contributed by atoms with van der Waals surface area (Å²) in [4.78, 5) is 12.5. The largest absolute Gasteiger partial charge is 0.382 e. The third-order valence-corrected chi connectivity index (χ3v) is 4.28. The van der Waals surface area contributed by atoms with Crippen molar-refractivity contribution >= 4 is 16.6 Å². The van der Waals surface area contributed by atoms with E-state index in [9.17, 15) is 13.6 Å². The van der Waals surface area contributed by atoms with Crippen LogP contribution in [0.25, 0.3) is 16.6 Å². The monoisotopic (exact) mass is 334 g/mol. The second-order valence-electron chi connectivity index (χ2n) is 5.84. The van der Waals surface area contributed by atoms with Crippen molar-refractivity contribution < 1.29 is 8.78 Å². The van der Waals surface area contributed by atoms with Crippen LogP contribution in [0.15, 0.2) is 29.7 Å². The summed E-state index contributed by atoms with van der Waals surface area (Å²) < 4.78 is 29.4. The minimum atomic E-state index is -0.715. The van der Waals surface area contributed by atoms with Gasteiger partial charge < -0.3 is 9.88 Å². The summed E-state index contributed by atoms with van der Waals surface area (Å²) in [5.41, 5.74) is 0.201. The average molecular weight is 334 g/mol. The number of aromatic nitrogens is 1. The van der Waals surface area contributed by atoms with Gasteiger partial charge in [-0.15, -0.1) is 0 Å². The van der Waals surface area contributed by atoms with Gasteiger partial charge in [-0.25, -0.2) is 8.78 Å². The molecule has 130 valence electrons. The topological polar surface area (TPSA) is 34.0 Å². The van der Waals surface area contributed by atoms with E-state index < -0.39 is 17.1 Å². The van der Waals surface area contributed by atoms with Crippen molar-refractivity contribution in [2.75, 3.05) is 0 Å². The first kappa shape index (κ1) is 18.2. The number of nitrogens with one attached hydrogen (secondary N) is 1. The van der Waals surface area contributed by atoms with Gasteiger partial charge in [0.25, 0.3) is 0 Å². The third kappa shape index (κ3) is 3.35. The number of pyridine rings is 1. The van der Waals surface area contributed by atoms with Gasteiger partial charge in [-0.3, -0.25) is 4.79 Å². The lowest BCUT2D eigenvalue weighted by Crippen LogP contribution is -2.27. The van der Waals surface area contributed by atoms with E-state index in [1.807, 2.05) is 13.8 Å². The minimum absolute atomic E-state index is 0.0255. The van der Waals surface area contributed by atoms with Gasteiger partial charge >= 0.3 is 0 Å². The van der Waals surface area contributed by atoms with Crippen LogP contribution in [0.2, 0.25) is 0 Å². The molecule has 0 aliphatic heterocycles. The number of benzene rings is 1. The number of halogens is 2. The molecule has 0 saturated heterocycles. The van der Waals surface area contributed by atoms with Gasteiger partial charge in [-0.05, 0) is 25.0 Å². The van der Waals surface area contributed by atoms with Crippen LogP contribution >= 0.6 is 0 Å². The lowest BCUT2D eigenvalue weighted by molar-refractivity contribution is 0.608. The van der Waals surface area contributed by atoms with Crippen molar-refractivity contribution in [2.24, 2.45) is 7.05 Å². The molecule has 3 rings (SSSR count). The molecule has 0 radical (unpaired) electrons. The molecule has 1 aromatic heterocycles. The maximum Gasteiger partial charge on any atom is 0.201 e. The van der Waals surface area contributed by atoms with Crippen LogP contribution in [0.4, 0.5) is 8.78 Å². The summed E-state index contributed by atoms with van der Waals surface area (Å²) in [6, 6.07) is 2.31. The maximum absolute atomic E-state index is 14.0. The Balaban J connectivity index is 0.00000100. The van der Waals surface area contributed by atoms with E-state index in [0.717, 1.165) is 37.8 Å². The van der Waals surface area contributed by atoms with E-state index in [-0.39, 0.29) is 16.5 Å². The van der Waals surface area contributed by atoms with Gasteiger partial charge in [-0.2, -0.15) is 0 Å². The molecule has 24 heavy (non-hydrogen) atoms. The fourth-order valence-corrected chi connectivity index (χ4v) is 3.16. The summed E-state index contributed by atoms with van der Waals surface area (Å²) >= 11 is 0. The molecule has 0 bridgehead atoms. The van der Waals surface area contributed by atoms with E-state index in [0.29, 0.717) is 11.7 Å². The van der Waals surface area contributed by atoms with Crippen LogP contribution in [0, 0.1) is 11.6 Å². The molecule has 1 N–H and O–H groups in total. The van der Waals surface area contributed by atoms with Crippen molar-refractivity contribution in [3.63, 3.8) is 0 Å². The molecule has 0 atom stereocenters. The molecule has 1 aromatic carbocycles. The van der Waals surface area contributed by atoms with Crippen molar-refractivity contribution in [2.45, 2.75) is 45.6 Å². The highest BCUT2D eigenvalue weighted by atomic mass is 19.1. The number of rotatable bonds is 3. The Morgan fingerprint density at radius 3 is 2.42 bits per heavy atom. The Morgan fingerprint density at radius 1 is 1.21 bits per heavy atom. The number of nitrogens with zero attached hydrogens (tertiary/aromatic N) is 1. The van der Waals surface area contributed by atoms with E-state index >= 15 is 0 Å².